The molecule has 0 radical (unpaired) electrons. The first-order chi connectivity index (χ1) is 15.7. The molecule has 0 bridgehead atoms. The molecule has 4 aromatic rings. The minimum Gasteiger partial charge on any atom is -0.459 e. The Kier molecular flexibility index (Phi) is 6.19. The van der Waals surface area contributed by atoms with Gasteiger partial charge in [-0.1, -0.05) is 48.5 Å². The van der Waals surface area contributed by atoms with Crippen molar-refractivity contribution in [1.29, 1.82) is 0 Å². The third kappa shape index (κ3) is 4.54. The molecule has 1 aliphatic heterocycles. The first kappa shape index (κ1) is 21.1. The zero-order chi connectivity index (χ0) is 21.9. The lowest BCUT2D eigenvalue weighted by atomic mass is 10.1. The van der Waals surface area contributed by atoms with Gasteiger partial charge in [-0.05, 0) is 42.0 Å². The zero-order valence-electron chi connectivity index (χ0n) is 18.4. The van der Waals surface area contributed by atoms with Crippen molar-refractivity contribution in [2.24, 2.45) is 0 Å². The lowest BCUT2D eigenvalue weighted by molar-refractivity contribution is -0.132. The summed E-state index contributed by atoms with van der Waals surface area (Å²) in [6, 6.07) is 25.4. The SMILES string of the molecule is CC(c1cc2ccccc2o1)N1CCN(C(=O)CCSc2ccc3ccccc3c2)CC1. The van der Waals surface area contributed by atoms with Gasteiger partial charge in [0.1, 0.15) is 11.3 Å². The van der Waals surface area contributed by atoms with Gasteiger partial charge in [-0.15, -0.1) is 11.8 Å². The van der Waals surface area contributed by atoms with Gasteiger partial charge < -0.3 is 9.32 Å². The van der Waals surface area contributed by atoms with Gasteiger partial charge in [0.05, 0.1) is 6.04 Å². The average Bonchev–Trinajstić information content (AvgIpc) is 3.28. The Morgan fingerprint density at radius 2 is 1.62 bits per heavy atom. The number of para-hydroxylation sites is 1. The van der Waals surface area contributed by atoms with Crippen molar-refractivity contribution in [3.63, 3.8) is 0 Å². The third-order valence-corrected chi connectivity index (χ3v) is 7.37. The number of nitrogens with zero attached hydrogens (tertiary/aromatic N) is 2. The normalized spacial score (nSPS) is 16.0. The fourth-order valence-corrected chi connectivity index (χ4v) is 5.31. The Morgan fingerprint density at radius 1 is 0.906 bits per heavy atom. The van der Waals surface area contributed by atoms with Crippen molar-refractivity contribution in [3.8, 4) is 0 Å². The molecule has 1 aromatic heterocycles. The second-order valence-electron chi connectivity index (χ2n) is 8.39. The maximum Gasteiger partial charge on any atom is 0.223 e. The van der Waals surface area contributed by atoms with E-state index in [0.717, 1.165) is 48.7 Å². The summed E-state index contributed by atoms with van der Waals surface area (Å²) in [5.74, 6) is 2.07. The van der Waals surface area contributed by atoms with E-state index in [1.54, 1.807) is 11.8 Å². The Morgan fingerprint density at radius 3 is 2.41 bits per heavy atom. The van der Waals surface area contributed by atoms with E-state index in [1.807, 2.05) is 23.1 Å². The highest BCUT2D eigenvalue weighted by Crippen LogP contribution is 2.28. The number of rotatable bonds is 6. The summed E-state index contributed by atoms with van der Waals surface area (Å²) < 4.78 is 6.05. The molecule has 1 aliphatic rings. The van der Waals surface area contributed by atoms with Gasteiger partial charge in [0, 0.05) is 48.6 Å². The first-order valence-corrected chi connectivity index (χ1v) is 12.3. The van der Waals surface area contributed by atoms with E-state index in [9.17, 15) is 4.79 Å². The van der Waals surface area contributed by atoms with Gasteiger partial charge >= 0.3 is 0 Å². The number of hydrogen-bond donors (Lipinski definition) is 0. The molecule has 5 heteroatoms. The van der Waals surface area contributed by atoms with Crippen LogP contribution in [0.4, 0.5) is 0 Å². The van der Waals surface area contributed by atoms with E-state index in [4.69, 9.17) is 4.42 Å². The topological polar surface area (TPSA) is 36.7 Å². The molecule has 32 heavy (non-hydrogen) atoms. The predicted octanol–water partition coefficient (Wildman–Crippen LogP) is 5.97. The van der Waals surface area contributed by atoms with E-state index in [1.165, 1.54) is 15.7 Å². The van der Waals surface area contributed by atoms with Crippen molar-refractivity contribution in [1.82, 2.24) is 9.80 Å². The van der Waals surface area contributed by atoms with Crippen LogP contribution in [0.2, 0.25) is 0 Å². The van der Waals surface area contributed by atoms with E-state index < -0.39 is 0 Å². The number of hydrogen-bond acceptors (Lipinski definition) is 4. The van der Waals surface area contributed by atoms with Crippen LogP contribution in [-0.4, -0.2) is 47.6 Å². The van der Waals surface area contributed by atoms with Crippen molar-refractivity contribution < 1.29 is 9.21 Å². The van der Waals surface area contributed by atoms with Gasteiger partial charge in [-0.25, -0.2) is 0 Å². The average molecular weight is 445 g/mol. The molecule has 1 unspecified atom stereocenters. The highest BCUT2D eigenvalue weighted by molar-refractivity contribution is 7.99. The number of carbonyl (C=O) groups excluding carboxylic acids is 1. The van der Waals surface area contributed by atoms with E-state index in [-0.39, 0.29) is 11.9 Å². The van der Waals surface area contributed by atoms with Gasteiger partial charge in [-0.3, -0.25) is 9.69 Å². The second-order valence-corrected chi connectivity index (χ2v) is 9.56. The molecule has 0 saturated carbocycles. The second kappa shape index (κ2) is 9.39. The highest BCUT2D eigenvalue weighted by atomic mass is 32.2. The Labute approximate surface area is 193 Å². The zero-order valence-corrected chi connectivity index (χ0v) is 19.2. The Bertz CT molecular complexity index is 1190. The summed E-state index contributed by atoms with van der Waals surface area (Å²) in [5.41, 5.74) is 0.937. The fraction of sp³-hybridized carbons (Fsp3) is 0.296. The van der Waals surface area contributed by atoms with Gasteiger partial charge in [0.2, 0.25) is 5.91 Å². The van der Waals surface area contributed by atoms with Crippen molar-refractivity contribution in [3.05, 3.63) is 78.6 Å². The lowest BCUT2D eigenvalue weighted by Crippen LogP contribution is -2.49. The van der Waals surface area contributed by atoms with Crippen molar-refractivity contribution >= 4 is 39.4 Å². The Hall–Kier alpha value is -2.76. The van der Waals surface area contributed by atoms with Crippen LogP contribution < -0.4 is 0 Å². The molecule has 1 amide bonds. The largest absolute Gasteiger partial charge is 0.459 e. The molecule has 1 atom stereocenters. The van der Waals surface area contributed by atoms with E-state index >= 15 is 0 Å². The Balaban J connectivity index is 1.10. The van der Waals surface area contributed by atoms with Crippen LogP contribution in [0.1, 0.15) is 25.1 Å². The summed E-state index contributed by atoms with van der Waals surface area (Å²) in [7, 11) is 0. The number of amides is 1. The minimum absolute atomic E-state index is 0.211. The van der Waals surface area contributed by atoms with Crippen molar-refractivity contribution in [2.75, 3.05) is 31.9 Å². The van der Waals surface area contributed by atoms with Crippen molar-refractivity contribution in [2.45, 2.75) is 24.3 Å². The molecule has 1 fully saturated rings. The van der Waals surface area contributed by atoms with Crippen LogP contribution >= 0.6 is 11.8 Å². The molecule has 2 heterocycles. The maximum atomic E-state index is 12.7. The van der Waals surface area contributed by atoms with Gasteiger partial charge in [-0.2, -0.15) is 0 Å². The summed E-state index contributed by atoms with van der Waals surface area (Å²) in [4.78, 5) is 18.4. The van der Waals surface area contributed by atoms with Crippen LogP contribution in [-0.2, 0) is 4.79 Å². The molecule has 1 saturated heterocycles. The van der Waals surface area contributed by atoms with Gasteiger partial charge in [0.15, 0.2) is 0 Å². The number of furan rings is 1. The lowest BCUT2D eigenvalue weighted by Gasteiger charge is -2.37. The maximum absolute atomic E-state index is 12.7. The number of fused-ring (bicyclic) bond motifs is 2. The molecule has 164 valence electrons. The fourth-order valence-electron chi connectivity index (χ4n) is 4.42. The molecule has 0 N–H and O–H groups in total. The molecule has 3 aromatic carbocycles. The summed E-state index contributed by atoms with van der Waals surface area (Å²) in [6.45, 7) is 5.51. The third-order valence-electron chi connectivity index (χ3n) is 6.38. The molecule has 0 aliphatic carbocycles. The number of thioether (sulfide) groups is 1. The van der Waals surface area contributed by atoms with Crippen LogP contribution in [0.15, 0.2) is 82.1 Å². The molecule has 5 rings (SSSR count). The minimum atomic E-state index is 0.211. The molecule has 4 nitrogen and oxygen atoms in total. The van der Waals surface area contributed by atoms with E-state index in [0.29, 0.717) is 6.42 Å². The van der Waals surface area contributed by atoms with Crippen LogP contribution in [0.5, 0.6) is 0 Å². The number of piperazine rings is 1. The smallest absolute Gasteiger partial charge is 0.223 e. The van der Waals surface area contributed by atoms with Crippen LogP contribution in [0.25, 0.3) is 21.7 Å². The number of benzene rings is 3. The summed E-state index contributed by atoms with van der Waals surface area (Å²) in [5, 5.41) is 3.65. The number of carbonyl (C=O) groups is 1. The van der Waals surface area contributed by atoms with Gasteiger partial charge in [0.25, 0.3) is 0 Å². The summed E-state index contributed by atoms with van der Waals surface area (Å²) in [6.07, 6.45) is 0.580. The molecular formula is C27H28N2O2S. The monoisotopic (exact) mass is 444 g/mol. The highest BCUT2D eigenvalue weighted by Gasteiger charge is 2.26. The molecule has 0 spiro atoms. The van der Waals surface area contributed by atoms with Crippen LogP contribution in [0, 0.1) is 0 Å². The predicted molar refractivity (Wildman–Crippen MR) is 132 cm³/mol. The first-order valence-electron chi connectivity index (χ1n) is 11.3. The van der Waals surface area contributed by atoms with Crippen LogP contribution in [0.3, 0.4) is 0 Å². The summed E-state index contributed by atoms with van der Waals surface area (Å²) >= 11 is 1.76. The quantitative estimate of drug-likeness (QED) is 0.343. The molecular weight excluding hydrogens is 416 g/mol. The van der Waals surface area contributed by atoms with E-state index in [2.05, 4.69) is 66.4 Å². The standard InChI is InChI=1S/C27H28N2O2S/c1-20(26-19-23-8-4-5-9-25(23)31-26)28-13-15-29(16-14-28)27(30)12-17-32-24-11-10-21-6-2-3-7-22(21)18-24/h2-11,18-20H,12-17H2,1H3.